The van der Waals surface area contributed by atoms with Gasteiger partial charge in [-0.05, 0) is 20.8 Å². The minimum atomic E-state index is -1.05. The first kappa shape index (κ1) is 12.9. The summed E-state index contributed by atoms with van der Waals surface area (Å²) in [5, 5.41) is 9.19. The molecule has 0 aromatic heterocycles. The van der Waals surface area contributed by atoms with Gasteiger partial charge in [0.25, 0.3) is 0 Å². The largest absolute Gasteiger partial charge is 0.460 e. The molecule has 0 radical (unpaired) electrons. The fraction of sp³-hybridized carbons (Fsp3) is 0.778. The van der Waals surface area contributed by atoms with Gasteiger partial charge < -0.3 is 15.6 Å². The molecule has 0 aliphatic carbocycles. The van der Waals surface area contributed by atoms with Gasteiger partial charge in [-0.1, -0.05) is 0 Å². The maximum Gasteiger partial charge on any atom is 0.308 e. The molecule has 0 heterocycles. The molecule has 0 aliphatic heterocycles. The first-order chi connectivity index (χ1) is 6.20. The zero-order chi connectivity index (χ0) is 11.4. The van der Waals surface area contributed by atoms with Crippen molar-refractivity contribution in [2.45, 2.75) is 45.3 Å². The van der Waals surface area contributed by atoms with Crippen LogP contribution < -0.4 is 5.73 Å². The van der Waals surface area contributed by atoms with Crippen LogP contribution in [-0.4, -0.2) is 28.7 Å². The number of carbonyl (C=O) groups is 2. The lowest BCUT2D eigenvalue weighted by atomic mass is 10.1. The second-order valence-corrected chi connectivity index (χ2v) is 4.11. The molecular formula is C9H17NO4. The summed E-state index contributed by atoms with van der Waals surface area (Å²) in [6.07, 6.45) is -1.48. The van der Waals surface area contributed by atoms with E-state index in [4.69, 9.17) is 10.5 Å². The topological polar surface area (TPSA) is 89.6 Å². The second kappa shape index (κ2) is 4.95. The van der Waals surface area contributed by atoms with Crippen molar-refractivity contribution in [3.05, 3.63) is 0 Å². The first-order valence-electron chi connectivity index (χ1n) is 4.39. The number of aliphatic hydroxyl groups is 1. The Morgan fingerprint density at radius 3 is 2.21 bits per heavy atom. The Balaban J connectivity index is 3.89. The number of carbonyl (C=O) groups excluding carboxylic acids is 2. The van der Waals surface area contributed by atoms with Gasteiger partial charge in [0.05, 0.1) is 18.9 Å². The Morgan fingerprint density at radius 2 is 1.86 bits per heavy atom. The van der Waals surface area contributed by atoms with Gasteiger partial charge in [0.2, 0.25) is 5.91 Å². The maximum absolute atomic E-state index is 11.1. The molecule has 1 atom stereocenters. The van der Waals surface area contributed by atoms with Crippen LogP contribution in [0.4, 0.5) is 0 Å². The SMILES string of the molecule is CC(C)(C)OC(=O)CC(O)CC(N)=O. The molecule has 82 valence electrons. The summed E-state index contributed by atoms with van der Waals surface area (Å²) in [6.45, 7) is 5.18. The molecule has 1 amide bonds. The molecule has 5 heteroatoms. The van der Waals surface area contributed by atoms with E-state index in [0.717, 1.165) is 0 Å². The van der Waals surface area contributed by atoms with Crippen molar-refractivity contribution in [1.29, 1.82) is 0 Å². The predicted octanol–water partition coefficient (Wildman–Crippen LogP) is -0.0455. The van der Waals surface area contributed by atoms with Crippen LogP contribution in [-0.2, 0) is 14.3 Å². The minimum absolute atomic E-state index is 0.208. The number of amides is 1. The van der Waals surface area contributed by atoms with Crippen molar-refractivity contribution in [3.8, 4) is 0 Å². The lowest BCUT2D eigenvalue weighted by molar-refractivity contribution is -0.157. The zero-order valence-electron chi connectivity index (χ0n) is 8.74. The molecule has 0 fully saturated rings. The third-order valence-electron chi connectivity index (χ3n) is 1.26. The molecule has 0 saturated heterocycles. The molecule has 0 aromatic rings. The fourth-order valence-corrected chi connectivity index (χ4v) is 0.880. The van der Waals surface area contributed by atoms with Crippen LogP contribution in [0, 0.1) is 0 Å². The van der Waals surface area contributed by atoms with Crippen LogP contribution >= 0.6 is 0 Å². The lowest BCUT2D eigenvalue weighted by Gasteiger charge is -2.20. The smallest absolute Gasteiger partial charge is 0.308 e. The van der Waals surface area contributed by atoms with E-state index in [2.05, 4.69) is 0 Å². The Morgan fingerprint density at radius 1 is 1.36 bits per heavy atom. The molecule has 0 rings (SSSR count). The van der Waals surface area contributed by atoms with E-state index in [1.165, 1.54) is 0 Å². The van der Waals surface area contributed by atoms with E-state index in [9.17, 15) is 14.7 Å². The van der Waals surface area contributed by atoms with Crippen molar-refractivity contribution in [2.24, 2.45) is 5.73 Å². The molecule has 0 aromatic carbocycles. The standard InChI is InChI=1S/C9H17NO4/c1-9(2,3)14-8(13)5-6(11)4-7(10)12/h6,11H,4-5H2,1-3H3,(H2,10,12). The number of hydrogen-bond acceptors (Lipinski definition) is 4. The minimum Gasteiger partial charge on any atom is -0.460 e. The molecule has 0 aliphatic rings. The molecular weight excluding hydrogens is 186 g/mol. The van der Waals surface area contributed by atoms with Crippen molar-refractivity contribution < 1.29 is 19.4 Å². The predicted molar refractivity (Wildman–Crippen MR) is 50.3 cm³/mol. The number of primary amides is 1. The number of hydrogen-bond donors (Lipinski definition) is 2. The summed E-state index contributed by atoms with van der Waals surface area (Å²) in [7, 11) is 0. The molecule has 3 N–H and O–H groups in total. The highest BCUT2D eigenvalue weighted by Crippen LogP contribution is 2.10. The maximum atomic E-state index is 11.1. The highest BCUT2D eigenvalue weighted by molar-refractivity contribution is 5.76. The molecule has 14 heavy (non-hydrogen) atoms. The zero-order valence-corrected chi connectivity index (χ0v) is 8.74. The van der Waals surface area contributed by atoms with E-state index in [1.807, 2.05) is 0 Å². The number of nitrogens with two attached hydrogens (primary N) is 1. The first-order valence-corrected chi connectivity index (χ1v) is 4.39. The third-order valence-corrected chi connectivity index (χ3v) is 1.26. The number of esters is 1. The van der Waals surface area contributed by atoms with Crippen molar-refractivity contribution in [3.63, 3.8) is 0 Å². The van der Waals surface area contributed by atoms with E-state index in [0.29, 0.717) is 0 Å². The van der Waals surface area contributed by atoms with Crippen LogP contribution in [0.5, 0.6) is 0 Å². The summed E-state index contributed by atoms with van der Waals surface area (Å²) >= 11 is 0. The summed E-state index contributed by atoms with van der Waals surface area (Å²) in [5.74, 6) is -1.17. The van der Waals surface area contributed by atoms with E-state index < -0.39 is 23.6 Å². The summed E-state index contributed by atoms with van der Waals surface area (Å²) in [4.78, 5) is 21.5. The highest BCUT2D eigenvalue weighted by atomic mass is 16.6. The molecule has 5 nitrogen and oxygen atoms in total. The van der Waals surface area contributed by atoms with Gasteiger partial charge in [0.1, 0.15) is 5.60 Å². The lowest BCUT2D eigenvalue weighted by Crippen LogP contribution is -2.28. The molecule has 0 spiro atoms. The normalized spacial score (nSPS) is 13.4. The van der Waals surface area contributed by atoms with Gasteiger partial charge in [-0.15, -0.1) is 0 Å². The van der Waals surface area contributed by atoms with Crippen LogP contribution in [0.1, 0.15) is 33.6 Å². The van der Waals surface area contributed by atoms with E-state index in [1.54, 1.807) is 20.8 Å². The van der Waals surface area contributed by atoms with Gasteiger partial charge in [-0.2, -0.15) is 0 Å². The van der Waals surface area contributed by atoms with Crippen LogP contribution in [0.25, 0.3) is 0 Å². The second-order valence-electron chi connectivity index (χ2n) is 4.11. The Hall–Kier alpha value is -1.10. The number of aliphatic hydroxyl groups excluding tert-OH is 1. The summed E-state index contributed by atoms with van der Waals surface area (Å²) in [6, 6.07) is 0. The third kappa shape index (κ3) is 7.54. The van der Waals surface area contributed by atoms with Crippen LogP contribution in [0.2, 0.25) is 0 Å². The van der Waals surface area contributed by atoms with Crippen molar-refractivity contribution >= 4 is 11.9 Å². The quantitative estimate of drug-likeness (QED) is 0.627. The highest BCUT2D eigenvalue weighted by Gasteiger charge is 2.19. The number of ether oxygens (including phenoxy) is 1. The Kier molecular flexibility index (Phi) is 4.56. The van der Waals surface area contributed by atoms with Gasteiger partial charge >= 0.3 is 5.97 Å². The van der Waals surface area contributed by atoms with Gasteiger partial charge in [-0.25, -0.2) is 0 Å². The van der Waals surface area contributed by atoms with Crippen LogP contribution in [0.15, 0.2) is 0 Å². The Labute approximate surface area is 83.2 Å². The average Bonchev–Trinajstić information content (AvgIpc) is 1.77. The van der Waals surface area contributed by atoms with Crippen LogP contribution in [0.3, 0.4) is 0 Å². The fourth-order valence-electron chi connectivity index (χ4n) is 0.880. The summed E-state index contributed by atoms with van der Waals surface area (Å²) < 4.78 is 4.94. The molecule has 1 unspecified atom stereocenters. The van der Waals surface area contributed by atoms with Gasteiger partial charge in [0, 0.05) is 0 Å². The van der Waals surface area contributed by atoms with Crippen molar-refractivity contribution in [1.82, 2.24) is 0 Å². The molecule has 0 saturated carbocycles. The van der Waals surface area contributed by atoms with E-state index in [-0.39, 0.29) is 12.8 Å². The van der Waals surface area contributed by atoms with Gasteiger partial charge in [0.15, 0.2) is 0 Å². The summed E-state index contributed by atoms with van der Waals surface area (Å²) in [5.41, 5.74) is 4.27. The molecule has 0 bridgehead atoms. The van der Waals surface area contributed by atoms with Gasteiger partial charge in [-0.3, -0.25) is 9.59 Å². The monoisotopic (exact) mass is 203 g/mol. The van der Waals surface area contributed by atoms with E-state index >= 15 is 0 Å². The number of rotatable bonds is 4. The Bertz CT molecular complexity index is 219. The average molecular weight is 203 g/mol. The van der Waals surface area contributed by atoms with Crippen molar-refractivity contribution in [2.75, 3.05) is 0 Å².